The lowest BCUT2D eigenvalue weighted by Crippen LogP contribution is -2.25. The Balaban J connectivity index is 1.72. The van der Waals surface area contributed by atoms with E-state index in [2.05, 4.69) is 15.5 Å². The Hall–Kier alpha value is -2.31. The minimum atomic E-state index is -0.275. The molecule has 1 aromatic carbocycles. The molecule has 2 aromatic heterocycles. The van der Waals surface area contributed by atoms with Crippen molar-refractivity contribution in [2.45, 2.75) is 47.7 Å². The van der Waals surface area contributed by atoms with Crippen molar-refractivity contribution >= 4 is 34.8 Å². The summed E-state index contributed by atoms with van der Waals surface area (Å²) in [6.07, 6.45) is 0. The molecule has 0 aliphatic heterocycles. The van der Waals surface area contributed by atoms with Crippen LogP contribution in [0.1, 0.15) is 35.3 Å². The SMILES string of the molecule is Cc1nn(CC(C)C(=O)Nc2c(C)nn(Cc3ccc(Cl)cc3)c2C)c(C)c1Cl. The average molecular weight is 434 g/mol. The number of nitrogens with zero attached hydrogens (tertiary/aromatic N) is 4. The van der Waals surface area contributed by atoms with E-state index in [-0.39, 0.29) is 11.8 Å². The highest BCUT2D eigenvalue weighted by Gasteiger charge is 2.20. The van der Waals surface area contributed by atoms with Crippen molar-refractivity contribution in [3.05, 3.63) is 62.6 Å². The van der Waals surface area contributed by atoms with Crippen molar-refractivity contribution in [2.75, 3.05) is 5.32 Å². The minimum absolute atomic E-state index is 0.0779. The monoisotopic (exact) mass is 433 g/mol. The number of hydrogen-bond donors (Lipinski definition) is 1. The molecule has 0 radical (unpaired) electrons. The Labute approximate surface area is 180 Å². The predicted molar refractivity (Wildman–Crippen MR) is 117 cm³/mol. The van der Waals surface area contributed by atoms with Gasteiger partial charge in [-0.1, -0.05) is 42.3 Å². The molecular weight excluding hydrogens is 409 g/mol. The molecule has 1 atom stereocenters. The number of benzene rings is 1. The molecule has 3 aromatic rings. The standard InChI is InChI=1S/C21H25Cl2N5O/c1-12(10-27-15(4)19(23)13(2)25-27)21(29)24-20-14(3)26-28(16(20)5)11-17-6-8-18(22)9-7-17/h6-9,12H,10-11H2,1-5H3,(H,24,29). The Morgan fingerprint density at radius 1 is 1.00 bits per heavy atom. The summed E-state index contributed by atoms with van der Waals surface area (Å²) >= 11 is 12.2. The van der Waals surface area contributed by atoms with Crippen LogP contribution in [0.4, 0.5) is 5.69 Å². The second kappa shape index (κ2) is 8.59. The molecule has 0 bridgehead atoms. The maximum Gasteiger partial charge on any atom is 0.229 e. The van der Waals surface area contributed by atoms with E-state index in [4.69, 9.17) is 23.2 Å². The molecule has 1 amide bonds. The highest BCUT2D eigenvalue weighted by atomic mass is 35.5. The molecule has 0 aliphatic rings. The molecule has 2 heterocycles. The maximum atomic E-state index is 12.8. The molecule has 0 saturated heterocycles. The van der Waals surface area contributed by atoms with Gasteiger partial charge in [-0.3, -0.25) is 14.2 Å². The van der Waals surface area contributed by atoms with Gasteiger partial charge in [-0.05, 0) is 45.4 Å². The summed E-state index contributed by atoms with van der Waals surface area (Å²) in [4.78, 5) is 12.8. The zero-order valence-corrected chi connectivity index (χ0v) is 18.8. The summed E-state index contributed by atoms with van der Waals surface area (Å²) in [5.41, 5.74) is 5.17. The first-order chi connectivity index (χ1) is 13.7. The van der Waals surface area contributed by atoms with Gasteiger partial charge >= 0.3 is 0 Å². The van der Waals surface area contributed by atoms with Crippen LogP contribution in [0, 0.1) is 33.6 Å². The van der Waals surface area contributed by atoms with Gasteiger partial charge in [0, 0.05) is 5.02 Å². The smallest absolute Gasteiger partial charge is 0.229 e. The summed E-state index contributed by atoms with van der Waals surface area (Å²) in [7, 11) is 0. The molecule has 154 valence electrons. The highest BCUT2D eigenvalue weighted by Crippen LogP contribution is 2.23. The summed E-state index contributed by atoms with van der Waals surface area (Å²) < 4.78 is 3.67. The van der Waals surface area contributed by atoms with Gasteiger partial charge in [0.05, 0.1) is 52.5 Å². The Bertz CT molecular complexity index is 1040. The zero-order valence-electron chi connectivity index (χ0n) is 17.3. The number of amides is 1. The van der Waals surface area contributed by atoms with Crippen LogP contribution < -0.4 is 5.32 Å². The van der Waals surface area contributed by atoms with Crippen LogP contribution in [-0.2, 0) is 17.9 Å². The molecule has 1 unspecified atom stereocenters. The van der Waals surface area contributed by atoms with Crippen molar-refractivity contribution in [1.29, 1.82) is 0 Å². The van der Waals surface area contributed by atoms with Crippen LogP contribution >= 0.6 is 23.2 Å². The molecule has 0 aliphatic carbocycles. The second-order valence-electron chi connectivity index (χ2n) is 7.39. The van der Waals surface area contributed by atoms with E-state index in [0.29, 0.717) is 23.1 Å². The van der Waals surface area contributed by atoms with Crippen molar-refractivity contribution in [3.63, 3.8) is 0 Å². The number of aryl methyl sites for hydroxylation is 2. The van der Waals surface area contributed by atoms with Gasteiger partial charge in [-0.15, -0.1) is 0 Å². The minimum Gasteiger partial charge on any atom is -0.323 e. The first-order valence-corrected chi connectivity index (χ1v) is 10.2. The number of carbonyl (C=O) groups is 1. The van der Waals surface area contributed by atoms with Crippen molar-refractivity contribution < 1.29 is 4.79 Å². The molecule has 3 rings (SSSR count). The van der Waals surface area contributed by atoms with Crippen LogP contribution in [-0.4, -0.2) is 25.5 Å². The zero-order chi connectivity index (χ0) is 21.3. The van der Waals surface area contributed by atoms with E-state index in [1.54, 1.807) is 4.68 Å². The van der Waals surface area contributed by atoms with Gasteiger partial charge in [-0.2, -0.15) is 10.2 Å². The van der Waals surface area contributed by atoms with E-state index in [9.17, 15) is 4.79 Å². The molecule has 0 saturated carbocycles. The van der Waals surface area contributed by atoms with Crippen LogP contribution in [0.15, 0.2) is 24.3 Å². The quantitative estimate of drug-likeness (QED) is 0.598. The van der Waals surface area contributed by atoms with E-state index < -0.39 is 0 Å². The molecule has 6 nitrogen and oxygen atoms in total. The number of aromatic nitrogens is 4. The Morgan fingerprint density at radius 3 is 2.21 bits per heavy atom. The third-order valence-corrected chi connectivity index (χ3v) is 5.86. The van der Waals surface area contributed by atoms with E-state index in [1.807, 2.05) is 63.6 Å². The van der Waals surface area contributed by atoms with Crippen LogP contribution in [0.25, 0.3) is 0 Å². The van der Waals surface area contributed by atoms with Gasteiger partial charge in [0.15, 0.2) is 0 Å². The third-order valence-electron chi connectivity index (χ3n) is 5.06. The number of nitrogens with one attached hydrogen (secondary N) is 1. The number of anilines is 1. The summed E-state index contributed by atoms with van der Waals surface area (Å²) in [5, 5.41) is 13.4. The van der Waals surface area contributed by atoms with Gasteiger partial charge < -0.3 is 5.32 Å². The van der Waals surface area contributed by atoms with Gasteiger partial charge in [0.2, 0.25) is 5.91 Å². The molecule has 1 N–H and O–H groups in total. The normalized spacial score (nSPS) is 12.2. The second-order valence-corrected chi connectivity index (χ2v) is 8.20. The van der Waals surface area contributed by atoms with Crippen molar-refractivity contribution in [1.82, 2.24) is 19.6 Å². The highest BCUT2D eigenvalue weighted by molar-refractivity contribution is 6.31. The molecular formula is C21H25Cl2N5O. The summed E-state index contributed by atoms with van der Waals surface area (Å²) in [6.45, 7) is 10.6. The fraction of sp³-hybridized carbons (Fsp3) is 0.381. The van der Waals surface area contributed by atoms with Crippen LogP contribution in [0.5, 0.6) is 0 Å². The third kappa shape index (κ3) is 4.65. The number of rotatable bonds is 6. The fourth-order valence-electron chi connectivity index (χ4n) is 3.24. The molecule has 0 spiro atoms. The lowest BCUT2D eigenvalue weighted by Gasteiger charge is -2.14. The topological polar surface area (TPSA) is 64.7 Å². The maximum absolute atomic E-state index is 12.8. The lowest BCUT2D eigenvalue weighted by molar-refractivity contribution is -0.119. The largest absolute Gasteiger partial charge is 0.323 e. The first-order valence-electron chi connectivity index (χ1n) is 9.46. The van der Waals surface area contributed by atoms with E-state index >= 15 is 0 Å². The molecule has 0 fully saturated rings. The molecule has 29 heavy (non-hydrogen) atoms. The van der Waals surface area contributed by atoms with Crippen molar-refractivity contribution in [3.8, 4) is 0 Å². The first kappa shape index (κ1) is 21.4. The van der Waals surface area contributed by atoms with E-state index in [0.717, 1.165) is 34.0 Å². The number of carbonyl (C=O) groups excluding carboxylic acids is 1. The van der Waals surface area contributed by atoms with Crippen LogP contribution in [0.2, 0.25) is 10.0 Å². The number of halogens is 2. The average Bonchev–Trinajstić information content (AvgIpc) is 3.08. The Kier molecular flexibility index (Phi) is 6.34. The fourth-order valence-corrected chi connectivity index (χ4v) is 3.50. The Morgan fingerprint density at radius 2 is 1.62 bits per heavy atom. The lowest BCUT2D eigenvalue weighted by atomic mass is 10.1. The number of hydrogen-bond acceptors (Lipinski definition) is 3. The van der Waals surface area contributed by atoms with Crippen LogP contribution in [0.3, 0.4) is 0 Å². The van der Waals surface area contributed by atoms with E-state index in [1.165, 1.54) is 0 Å². The van der Waals surface area contributed by atoms with Crippen molar-refractivity contribution in [2.24, 2.45) is 5.92 Å². The molecule has 8 heteroatoms. The summed E-state index contributed by atoms with van der Waals surface area (Å²) in [5.74, 6) is -0.353. The van der Waals surface area contributed by atoms with Gasteiger partial charge in [0.25, 0.3) is 0 Å². The summed E-state index contributed by atoms with van der Waals surface area (Å²) in [6, 6.07) is 7.66. The van der Waals surface area contributed by atoms with Gasteiger partial charge in [-0.25, -0.2) is 0 Å². The predicted octanol–water partition coefficient (Wildman–Crippen LogP) is 4.94. The van der Waals surface area contributed by atoms with Gasteiger partial charge in [0.1, 0.15) is 0 Å².